The highest BCUT2D eigenvalue weighted by atomic mass is 32.2. The fourth-order valence-electron chi connectivity index (χ4n) is 3.37. The number of nitrogens with zero attached hydrogens (tertiary/aromatic N) is 1. The van der Waals surface area contributed by atoms with Gasteiger partial charge in [-0.15, -0.1) is 0 Å². The number of carbonyl (C=O) groups excluding carboxylic acids is 3. The summed E-state index contributed by atoms with van der Waals surface area (Å²) in [6.45, 7) is 3.07. The summed E-state index contributed by atoms with van der Waals surface area (Å²) in [5.41, 5.74) is 0.677. The van der Waals surface area contributed by atoms with Gasteiger partial charge in [0.2, 0.25) is 5.91 Å². The Morgan fingerprint density at radius 2 is 1.89 bits per heavy atom. The highest BCUT2D eigenvalue weighted by Gasteiger charge is 2.51. The molecule has 1 unspecified atom stereocenters. The minimum absolute atomic E-state index is 0.0140. The van der Waals surface area contributed by atoms with Gasteiger partial charge in [0.25, 0.3) is 0 Å². The predicted molar refractivity (Wildman–Crippen MR) is 99.9 cm³/mol. The van der Waals surface area contributed by atoms with Gasteiger partial charge >= 0.3 is 11.9 Å². The van der Waals surface area contributed by atoms with Crippen molar-refractivity contribution in [3.05, 3.63) is 35.9 Å². The molecule has 0 spiro atoms. The molecule has 1 N–H and O–H groups in total. The van der Waals surface area contributed by atoms with Gasteiger partial charge in [-0.2, -0.15) is 0 Å². The van der Waals surface area contributed by atoms with Gasteiger partial charge in [-0.25, -0.2) is 4.79 Å². The Labute approximate surface area is 162 Å². The standard InChI is InChI=1S/C19H23NO6S/c1-11(10-27-12(2)21)17(22)20-15(18(23)24)9-14(19(25)26-3)16(20)13-7-5-4-6-8-13/h4-8,11,14-16H,9-10H2,1-3H3,(H,23,24)/t11-,14-,15?,16-/m1/s1. The number of methoxy groups -OCH3 is 1. The van der Waals surface area contributed by atoms with E-state index in [1.165, 1.54) is 18.9 Å². The van der Waals surface area contributed by atoms with E-state index < -0.39 is 41.8 Å². The number of thioether (sulfide) groups is 1. The molecule has 1 aromatic carbocycles. The topological polar surface area (TPSA) is 101 Å². The molecule has 4 atom stereocenters. The lowest BCUT2D eigenvalue weighted by molar-refractivity contribution is -0.152. The van der Waals surface area contributed by atoms with Gasteiger partial charge in [-0.05, 0) is 12.0 Å². The normalized spacial score (nSPS) is 22.9. The number of rotatable bonds is 6. The molecule has 8 heteroatoms. The van der Waals surface area contributed by atoms with Crippen molar-refractivity contribution in [3.8, 4) is 0 Å². The molecule has 0 aromatic heterocycles. The average molecular weight is 393 g/mol. The van der Waals surface area contributed by atoms with Gasteiger partial charge in [0.15, 0.2) is 5.12 Å². The molecule has 1 aromatic rings. The van der Waals surface area contributed by atoms with Crippen molar-refractivity contribution in [2.24, 2.45) is 11.8 Å². The first-order valence-electron chi connectivity index (χ1n) is 8.59. The molecular formula is C19H23NO6S. The van der Waals surface area contributed by atoms with Crippen LogP contribution in [0.25, 0.3) is 0 Å². The van der Waals surface area contributed by atoms with E-state index in [-0.39, 0.29) is 17.3 Å². The van der Waals surface area contributed by atoms with Crippen LogP contribution in [0.4, 0.5) is 0 Å². The maximum Gasteiger partial charge on any atom is 0.326 e. The minimum Gasteiger partial charge on any atom is -0.480 e. The number of hydrogen-bond donors (Lipinski definition) is 1. The molecule has 27 heavy (non-hydrogen) atoms. The van der Waals surface area contributed by atoms with Crippen LogP contribution in [0.2, 0.25) is 0 Å². The van der Waals surface area contributed by atoms with Crippen LogP contribution < -0.4 is 0 Å². The van der Waals surface area contributed by atoms with E-state index in [1.807, 2.05) is 0 Å². The second kappa shape index (κ2) is 9.03. The molecule has 1 aliphatic heterocycles. The zero-order valence-corrected chi connectivity index (χ0v) is 16.3. The summed E-state index contributed by atoms with van der Waals surface area (Å²) < 4.78 is 4.86. The number of likely N-dealkylation sites (tertiary alicyclic amines) is 1. The number of amides is 1. The number of carboxylic acids is 1. The van der Waals surface area contributed by atoms with Crippen LogP contribution in [-0.2, 0) is 23.9 Å². The van der Waals surface area contributed by atoms with Crippen molar-refractivity contribution in [1.29, 1.82) is 0 Å². The van der Waals surface area contributed by atoms with E-state index in [2.05, 4.69) is 0 Å². The molecule has 1 aliphatic rings. The molecule has 0 radical (unpaired) electrons. The Morgan fingerprint density at radius 1 is 1.26 bits per heavy atom. The Kier molecular flexibility index (Phi) is 7.01. The van der Waals surface area contributed by atoms with Crippen LogP contribution in [0.15, 0.2) is 30.3 Å². The SMILES string of the molecule is COC(=O)[C@@H]1CC(C(=O)O)N(C(=O)[C@H](C)CSC(C)=O)[C@@H]1c1ccccc1. The largest absolute Gasteiger partial charge is 0.480 e. The molecule has 1 fully saturated rings. The lowest BCUT2D eigenvalue weighted by Crippen LogP contribution is -2.45. The van der Waals surface area contributed by atoms with Gasteiger partial charge in [-0.3, -0.25) is 14.4 Å². The molecule has 7 nitrogen and oxygen atoms in total. The molecule has 1 amide bonds. The number of carbonyl (C=O) groups is 4. The lowest BCUT2D eigenvalue weighted by atomic mass is 9.93. The van der Waals surface area contributed by atoms with E-state index in [0.29, 0.717) is 5.56 Å². The van der Waals surface area contributed by atoms with Gasteiger partial charge in [-0.1, -0.05) is 49.0 Å². The lowest BCUT2D eigenvalue weighted by Gasteiger charge is -2.32. The summed E-state index contributed by atoms with van der Waals surface area (Å²) in [7, 11) is 1.25. The summed E-state index contributed by atoms with van der Waals surface area (Å²) in [5, 5.41) is 9.55. The fraction of sp³-hybridized carbons (Fsp3) is 0.474. The maximum absolute atomic E-state index is 13.1. The van der Waals surface area contributed by atoms with Crippen molar-refractivity contribution >= 4 is 34.7 Å². The van der Waals surface area contributed by atoms with Crippen molar-refractivity contribution in [2.45, 2.75) is 32.4 Å². The summed E-state index contributed by atoms with van der Waals surface area (Å²) in [6, 6.07) is 7.03. The van der Waals surface area contributed by atoms with E-state index in [4.69, 9.17) is 4.74 Å². The molecule has 0 saturated carbocycles. The highest BCUT2D eigenvalue weighted by molar-refractivity contribution is 8.13. The molecule has 0 bridgehead atoms. The van der Waals surface area contributed by atoms with Crippen molar-refractivity contribution in [1.82, 2.24) is 4.90 Å². The van der Waals surface area contributed by atoms with Crippen LogP contribution in [0.3, 0.4) is 0 Å². The first kappa shape index (κ1) is 21.0. The Bertz CT molecular complexity index is 722. The number of benzene rings is 1. The number of carboxylic acid groups (broad SMARTS) is 1. The number of hydrogen-bond acceptors (Lipinski definition) is 6. The predicted octanol–water partition coefficient (Wildman–Crippen LogP) is 2.12. The Balaban J connectivity index is 2.43. The summed E-state index contributed by atoms with van der Waals surface area (Å²) in [5.74, 6) is -3.19. The third kappa shape index (κ3) is 4.68. The summed E-state index contributed by atoms with van der Waals surface area (Å²) in [6.07, 6.45) is -0.0140. The number of esters is 1. The van der Waals surface area contributed by atoms with Gasteiger partial charge in [0, 0.05) is 18.6 Å². The third-order valence-electron chi connectivity index (χ3n) is 4.64. The van der Waals surface area contributed by atoms with Crippen molar-refractivity contribution in [2.75, 3.05) is 12.9 Å². The smallest absolute Gasteiger partial charge is 0.326 e. The monoisotopic (exact) mass is 393 g/mol. The van der Waals surface area contributed by atoms with E-state index in [9.17, 15) is 24.3 Å². The second-order valence-electron chi connectivity index (χ2n) is 6.52. The van der Waals surface area contributed by atoms with Crippen LogP contribution >= 0.6 is 11.8 Å². The van der Waals surface area contributed by atoms with Crippen LogP contribution in [0, 0.1) is 11.8 Å². The molecule has 0 aliphatic carbocycles. The maximum atomic E-state index is 13.1. The van der Waals surface area contributed by atoms with Gasteiger partial charge < -0.3 is 14.7 Å². The van der Waals surface area contributed by atoms with Crippen LogP contribution in [-0.4, -0.2) is 51.9 Å². The number of ether oxygens (including phenoxy) is 1. The fourth-order valence-corrected chi connectivity index (χ4v) is 4.00. The van der Waals surface area contributed by atoms with E-state index >= 15 is 0 Å². The first-order chi connectivity index (χ1) is 12.8. The van der Waals surface area contributed by atoms with E-state index in [0.717, 1.165) is 11.8 Å². The zero-order chi connectivity index (χ0) is 20.1. The first-order valence-corrected chi connectivity index (χ1v) is 9.57. The Morgan fingerprint density at radius 3 is 2.41 bits per heavy atom. The highest BCUT2D eigenvalue weighted by Crippen LogP contribution is 2.42. The zero-order valence-electron chi connectivity index (χ0n) is 15.5. The summed E-state index contributed by atoms with van der Waals surface area (Å²) >= 11 is 1.02. The summed E-state index contributed by atoms with van der Waals surface area (Å²) in [4.78, 5) is 49.7. The minimum atomic E-state index is -1.16. The molecule has 1 heterocycles. The number of aliphatic carboxylic acids is 1. The molecular weight excluding hydrogens is 370 g/mol. The molecule has 1 saturated heterocycles. The quantitative estimate of drug-likeness (QED) is 0.739. The van der Waals surface area contributed by atoms with Crippen molar-refractivity contribution < 1.29 is 29.0 Å². The Hall–Kier alpha value is -2.35. The molecule has 146 valence electrons. The van der Waals surface area contributed by atoms with E-state index in [1.54, 1.807) is 37.3 Å². The van der Waals surface area contributed by atoms with Crippen LogP contribution in [0.1, 0.15) is 31.9 Å². The second-order valence-corrected chi connectivity index (χ2v) is 7.72. The van der Waals surface area contributed by atoms with Crippen molar-refractivity contribution in [3.63, 3.8) is 0 Å². The average Bonchev–Trinajstić information content (AvgIpc) is 3.06. The van der Waals surface area contributed by atoms with Gasteiger partial charge in [0.05, 0.1) is 19.1 Å². The van der Waals surface area contributed by atoms with Crippen LogP contribution in [0.5, 0.6) is 0 Å². The molecule has 2 rings (SSSR count). The van der Waals surface area contributed by atoms with Gasteiger partial charge in [0.1, 0.15) is 6.04 Å². The third-order valence-corrected chi connectivity index (χ3v) is 5.71.